The van der Waals surface area contributed by atoms with Gasteiger partial charge in [0.25, 0.3) is 0 Å². The van der Waals surface area contributed by atoms with Crippen molar-refractivity contribution in [2.75, 3.05) is 0 Å². The Morgan fingerprint density at radius 1 is 0.833 bits per heavy atom. The third kappa shape index (κ3) is 2.88. The summed E-state index contributed by atoms with van der Waals surface area (Å²) in [4.78, 5) is 0. The maximum atomic E-state index is 2.27. The van der Waals surface area contributed by atoms with E-state index in [1.54, 1.807) is 0 Å². The summed E-state index contributed by atoms with van der Waals surface area (Å²) in [6.45, 7) is 6.80. The van der Waals surface area contributed by atoms with E-state index in [0.717, 1.165) is 0 Å². The topological polar surface area (TPSA) is 0 Å². The Kier molecular flexibility index (Phi) is 3.99. The van der Waals surface area contributed by atoms with Crippen LogP contribution in [0, 0.1) is 0 Å². The Morgan fingerprint density at radius 2 is 1.39 bits per heavy atom. The van der Waals surface area contributed by atoms with Gasteiger partial charge in [0.05, 0.1) is 0 Å². The van der Waals surface area contributed by atoms with E-state index in [4.69, 9.17) is 0 Å². The van der Waals surface area contributed by atoms with Crippen LogP contribution in [0.3, 0.4) is 0 Å². The third-order valence-electron chi connectivity index (χ3n) is 3.07. The first-order chi connectivity index (χ1) is 8.50. The Bertz CT molecular complexity index is 547. The van der Waals surface area contributed by atoms with Crippen LogP contribution in [-0.2, 0) is 25.4 Å². The molecule has 1 heteroatoms. The molecule has 0 fully saturated rings. The van der Waals surface area contributed by atoms with Crippen molar-refractivity contribution in [1.29, 1.82) is 0 Å². The van der Waals surface area contributed by atoms with Crippen LogP contribution in [0.1, 0.15) is 37.5 Å². The van der Waals surface area contributed by atoms with E-state index in [-0.39, 0.29) is 5.41 Å². The van der Waals surface area contributed by atoms with Gasteiger partial charge < -0.3 is 0 Å². The molecule has 0 saturated carbocycles. The summed E-state index contributed by atoms with van der Waals surface area (Å²) in [5, 5.41) is 0. The van der Waals surface area contributed by atoms with Crippen molar-refractivity contribution in [2.24, 2.45) is 0 Å². The van der Waals surface area contributed by atoms with E-state index in [1.807, 2.05) is 0 Å². The second-order valence-corrected chi connectivity index (χ2v) is 6.32. The van der Waals surface area contributed by atoms with E-state index in [0.29, 0.717) is 0 Å². The Balaban J connectivity index is 2.50. The fourth-order valence-electron chi connectivity index (χ4n) is 2.12. The van der Waals surface area contributed by atoms with E-state index in [2.05, 4.69) is 95.3 Å². The average Bonchev–Trinajstić information content (AvgIpc) is 2.38. The molecule has 0 saturated heterocycles. The van der Waals surface area contributed by atoms with Gasteiger partial charge in [0.1, 0.15) is 0 Å². The average molecular weight is 270 g/mol. The molecule has 0 heterocycles. The third-order valence-corrected chi connectivity index (χ3v) is 3.94. The molecule has 0 unspecified atom stereocenters. The minimum atomic E-state index is 0.173. The van der Waals surface area contributed by atoms with Gasteiger partial charge in [-0.3, -0.25) is 0 Å². The minimum absolute atomic E-state index is 0.173. The van der Waals surface area contributed by atoms with Crippen molar-refractivity contribution < 1.29 is 20.0 Å². The number of rotatable bonds is 2. The number of hydrogen-bond donors (Lipinski definition) is 0. The van der Waals surface area contributed by atoms with Crippen LogP contribution in [0.25, 0.3) is 0 Å². The van der Waals surface area contributed by atoms with Crippen molar-refractivity contribution in [3.05, 3.63) is 71.3 Å². The van der Waals surface area contributed by atoms with Gasteiger partial charge in [0.2, 0.25) is 0 Å². The zero-order valence-corrected chi connectivity index (χ0v) is 12.8. The SMILES string of the molecule is CC(C)(C)c1ccccc1[C](=[Ti+2])c1ccccc1. The van der Waals surface area contributed by atoms with Gasteiger partial charge >= 0.3 is 121 Å². The second kappa shape index (κ2) is 5.34. The van der Waals surface area contributed by atoms with E-state index >= 15 is 0 Å². The summed E-state index contributed by atoms with van der Waals surface area (Å²) in [5.74, 6) is 0. The zero-order valence-electron chi connectivity index (χ0n) is 11.2. The van der Waals surface area contributed by atoms with Crippen molar-refractivity contribution in [3.63, 3.8) is 0 Å². The molecule has 0 aliphatic carbocycles. The Labute approximate surface area is 121 Å². The Hall–Kier alpha value is -0.976. The summed E-state index contributed by atoms with van der Waals surface area (Å²) in [6.07, 6.45) is 0. The summed E-state index contributed by atoms with van der Waals surface area (Å²) in [5.41, 5.74) is 4.24. The van der Waals surface area contributed by atoms with Gasteiger partial charge in [-0.15, -0.1) is 0 Å². The van der Waals surface area contributed by atoms with Crippen LogP contribution in [0.4, 0.5) is 0 Å². The molecule has 0 atom stereocenters. The summed E-state index contributed by atoms with van der Waals surface area (Å²) >= 11 is 2.21. The van der Waals surface area contributed by atoms with E-state index in [1.165, 1.54) is 20.5 Å². The molecule has 0 nitrogen and oxygen atoms in total. The van der Waals surface area contributed by atoms with Gasteiger partial charge in [-0.1, -0.05) is 0 Å². The number of hydrogen-bond acceptors (Lipinski definition) is 0. The molecule has 2 rings (SSSR count). The predicted octanol–water partition coefficient (Wildman–Crippen LogP) is 4.10. The summed E-state index contributed by atoms with van der Waals surface area (Å²) in [6, 6.07) is 19.3. The van der Waals surface area contributed by atoms with Gasteiger partial charge in [-0.05, 0) is 0 Å². The van der Waals surface area contributed by atoms with E-state index in [9.17, 15) is 0 Å². The molecule has 0 radical (unpaired) electrons. The molecule has 0 N–H and O–H groups in total. The van der Waals surface area contributed by atoms with Crippen LogP contribution in [0.2, 0.25) is 0 Å². The maximum absolute atomic E-state index is 2.27. The van der Waals surface area contributed by atoms with Crippen LogP contribution in [0.5, 0.6) is 0 Å². The van der Waals surface area contributed by atoms with Gasteiger partial charge in [-0.25, -0.2) is 0 Å². The molecule has 2 aromatic rings. The first kappa shape index (κ1) is 13.5. The first-order valence-electron chi connectivity index (χ1n) is 6.24. The van der Waals surface area contributed by atoms with Crippen molar-refractivity contribution in [2.45, 2.75) is 26.2 Å². The van der Waals surface area contributed by atoms with Crippen LogP contribution >= 0.6 is 0 Å². The molecule has 2 aromatic carbocycles. The van der Waals surface area contributed by atoms with Crippen molar-refractivity contribution in [3.8, 4) is 0 Å². The molecule has 18 heavy (non-hydrogen) atoms. The second-order valence-electron chi connectivity index (χ2n) is 5.54. The normalized spacial score (nSPS) is 11.4. The van der Waals surface area contributed by atoms with Gasteiger partial charge in [0, 0.05) is 0 Å². The fraction of sp³-hybridized carbons (Fsp3) is 0.235. The fourth-order valence-corrected chi connectivity index (χ4v) is 2.72. The molecular weight excluding hydrogens is 252 g/mol. The van der Waals surface area contributed by atoms with Crippen LogP contribution < -0.4 is 0 Å². The molecule has 0 aromatic heterocycles. The first-order valence-corrected chi connectivity index (χ1v) is 7.02. The van der Waals surface area contributed by atoms with Crippen molar-refractivity contribution in [1.82, 2.24) is 0 Å². The van der Waals surface area contributed by atoms with Crippen LogP contribution in [0.15, 0.2) is 54.6 Å². The standard InChI is InChI=1S/C17H18.Ti/c1-17(2,3)16-12-8-7-11-15(16)13-14-9-5-4-6-10-14;/h4-12H,1-3H3;/q;+2. The Morgan fingerprint density at radius 3 is 2.00 bits per heavy atom. The predicted molar refractivity (Wildman–Crippen MR) is 74.8 cm³/mol. The molecule has 0 spiro atoms. The molecule has 88 valence electrons. The van der Waals surface area contributed by atoms with Gasteiger partial charge in [-0.2, -0.15) is 0 Å². The zero-order chi connectivity index (χ0) is 13.2. The summed E-state index contributed by atoms with van der Waals surface area (Å²) < 4.78 is 1.35. The van der Waals surface area contributed by atoms with Crippen molar-refractivity contribution >= 4 is 3.81 Å². The van der Waals surface area contributed by atoms with E-state index < -0.39 is 0 Å². The molecular formula is C17H18Ti+2. The molecule has 0 aliphatic rings. The molecule has 0 amide bonds. The monoisotopic (exact) mass is 270 g/mol. The van der Waals surface area contributed by atoms with Crippen LogP contribution in [-0.4, -0.2) is 3.81 Å². The quantitative estimate of drug-likeness (QED) is 0.721. The van der Waals surface area contributed by atoms with Gasteiger partial charge in [0.15, 0.2) is 0 Å². The number of benzene rings is 2. The summed E-state index contributed by atoms with van der Waals surface area (Å²) in [7, 11) is 0. The molecule has 0 aliphatic heterocycles. The molecule has 0 bridgehead atoms.